The number of aromatic nitrogens is 4. The quantitative estimate of drug-likeness (QED) is 0.724. The molecule has 0 aromatic carbocycles. The molecular formula is C10H15N5O2S. The van der Waals surface area contributed by atoms with Gasteiger partial charge in [0.1, 0.15) is 18.9 Å². The molecule has 1 atom stereocenters. The molecule has 0 spiro atoms. The Morgan fingerprint density at radius 2 is 2.50 bits per heavy atom. The third-order valence-corrected chi connectivity index (χ3v) is 2.68. The highest BCUT2D eigenvalue weighted by Crippen LogP contribution is 2.05. The molecule has 0 aliphatic heterocycles. The SMILES string of the molecule is Cn1ccc(CNCC(O)COc2cnsn2)n1. The maximum atomic E-state index is 9.67. The molecule has 2 aromatic heterocycles. The van der Waals surface area contributed by atoms with E-state index in [1.165, 1.54) is 6.20 Å². The van der Waals surface area contributed by atoms with Crippen LogP contribution < -0.4 is 10.1 Å². The van der Waals surface area contributed by atoms with Gasteiger partial charge in [-0.2, -0.15) is 9.47 Å². The summed E-state index contributed by atoms with van der Waals surface area (Å²) in [5, 5.41) is 17.0. The van der Waals surface area contributed by atoms with Crippen LogP contribution in [0.4, 0.5) is 0 Å². The predicted molar refractivity (Wildman–Crippen MR) is 66.3 cm³/mol. The van der Waals surface area contributed by atoms with Crippen molar-refractivity contribution in [2.24, 2.45) is 7.05 Å². The fraction of sp³-hybridized carbons (Fsp3) is 0.500. The lowest BCUT2D eigenvalue weighted by Crippen LogP contribution is -2.31. The monoisotopic (exact) mass is 269 g/mol. The van der Waals surface area contributed by atoms with Crippen LogP contribution in [0, 0.1) is 0 Å². The van der Waals surface area contributed by atoms with E-state index >= 15 is 0 Å². The first-order chi connectivity index (χ1) is 8.74. The third kappa shape index (κ3) is 4.06. The van der Waals surface area contributed by atoms with E-state index in [2.05, 4.69) is 19.2 Å². The summed E-state index contributed by atoms with van der Waals surface area (Å²) in [7, 11) is 1.87. The van der Waals surface area contributed by atoms with Crippen molar-refractivity contribution in [2.75, 3.05) is 13.2 Å². The minimum atomic E-state index is -0.588. The molecule has 8 heteroatoms. The summed E-state index contributed by atoms with van der Waals surface area (Å²) < 4.78 is 14.7. The summed E-state index contributed by atoms with van der Waals surface area (Å²) in [5.74, 6) is 0.448. The average Bonchev–Trinajstić information content (AvgIpc) is 2.98. The summed E-state index contributed by atoms with van der Waals surface area (Å²) in [6.07, 6.45) is 2.82. The Labute approximate surface area is 109 Å². The average molecular weight is 269 g/mol. The van der Waals surface area contributed by atoms with Gasteiger partial charge in [-0.3, -0.25) is 4.68 Å². The van der Waals surface area contributed by atoms with E-state index in [0.717, 1.165) is 17.4 Å². The fourth-order valence-corrected chi connectivity index (χ4v) is 1.75. The highest BCUT2D eigenvalue weighted by atomic mass is 32.1. The van der Waals surface area contributed by atoms with Gasteiger partial charge >= 0.3 is 0 Å². The fourth-order valence-electron chi connectivity index (χ4n) is 1.38. The number of aliphatic hydroxyl groups is 1. The summed E-state index contributed by atoms with van der Waals surface area (Å²) in [6, 6.07) is 1.93. The van der Waals surface area contributed by atoms with Gasteiger partial charge in [0.25, 0.3) is 0 Å². The molecule has 0 radical (unpaired) electrons. The number of rotatable bonds is 7. The first-order valence-electron chi connectivity index (χ1n) is 5.51. The van der Waals surface area contributed by atoms with Gasteiger partial charge in [-0.15, -0.1) is 4.37 Å². The summed E-state index contributed by atoms with van der Waals surface area (Å²) >= 11 is 1.08. The van der Waals surface area contributed by atoms with Crippen molar-refractivity contribution in [1.29, 1.82) is 0 Å². The minimum Gasteiger partial charge on any atom is -0.473 e. The Morgan fingerprint density at radius 3 is 3.17 bits per heavy atom. The van der Waals surface area contributed by atoms with Gasteiger partial charge < -0.3 is 15.2 Å². The second-order valence-electron chi connectivity index (χ2n) is 3.82. The van der Waals surface area contributed by atoms with Crippen molar-refractivity contribution in [1.82, 2.24) is 23.8 Å². The van der Waals surface area contributed by atoms with Gasteiger partial charge in [0.2, 0.25) is 5.88 Å². The van der Waals surface area contributed by atoms with E-state index in [1.807, 2.05) is 19.3 Å². The molecular weight excluding hydrogens is 254 g/mol. The molecule has 0 saturated carbocycles. The molecule has 2 heterocycles. The first-order valence-corrected chi connectivity index (χ1v) is 6.25. The van der Waals surface area contributed by atoms with Crippen LogP contribution in [-0.4, -0.2) is 42.9 Å². The van der Waals surface area contributed by atoms with E-state index in [4.69, 9.17) is 4.74 Å². The number of hydrogen-bond acceptors (Lipinski definition) is 7. The van der Waals surface area contributed by atoms with Crippen LogP contribution in [0.2, 0.25) is 0 Å². The molecule has 0 amide bonds. The number of ether oxygens (including phenoxy) is 1. The molecule has 0 fully saturated rings. The zero-order chi connectivity index (χ0) is 12.8. The van der Waals surface area contributed by atoms with Crippen LogP contribution in [-0.2, 0) is 13.6 Å². The van der Waals surface area contributed by atoms with Crippen LogP contribution in [0.25, 0.3) is 0 Å². The maximum absolute atomic E-state index is 9.67. The van der Waals surface area contributed by atoms with Crippen molar-refractivity contribution >= 4 is 11.7 Å². The Kier molecular flexibility index (Phi) is 4.62. The molecule has 2 rings (SSSR count). The topological polar surface area (TPSA) is 85.1 Å². The molecule has 18 heavy (non-hydrogen) atoms. The first kappa shape index (κ1) is 12.9. The van der Waals surface area contributed by atoms with Crippen LogP contribution in [0.1, 0.15) is 5.69 Å². The number of hydrogen-bond donors (Lipinski definition) is 2. The van der Waals surface area contributed by atoms with E-state index in [-0.39, 0.29) is 6.61 Å². The van der Waals surface area contributed by atoms with E-state index in [1.54, 1.807) is 4.68 Å². The predicted octanol–water partition coefficient (Wildman–Crippen LogP) is -0.199. The van der Waals surface area contributed by atoms with Crippen molar-refractivity contribution in [3.8, 4) is 5.88 Å². The Balaban J connectivity index is 1.61. The van der Waals surface area contributed by atoms with Gasteiger partial charge in [0.15, 0.2) is 0 Å². The van der Waals surface area contributed by atoms with Crippen LogP contribution >= 0.6 is 11.7 Å². The Hall–Kier alpha value is -1.51. The normalized spacial score (nSPS) is 12.6. The second-order valence-corrected chi connectivity index (χ2v) is 4.38. The van der Waals surface area contributed by atoms with Gasteiger partial charge in [-0.1, -0.05) is 0 Å². The molecule has 98 valence electrons. The Morgan fingerprint density at radius 1 is 1.61 bits per heavy atom. The lowest BCUT2D eigenvalue weighted by molar-refractivity contribution is 0.104. The molecule has 2 N–H and O–H groups in total. The molecule has 0 aliphatic rings. The number of nitrogens with zero attached hydrogens (tertiary/aromatic N) is 4. The zero-order valence-corrected chi connectivity index (χ0v) is 10.8. The second kappa shape index (κ2) is 6.43. The van der Waals surface area contributed by atoms with E-state index in [9.17, 15) is 5.11 Å². The number of aryl methyl sites for hydroxylation is 1. The molecule has 0 bridgehead atoms. The van der Waals surface area contributed by atoms with Crippen molar-refractivity contribution in [2.45, 2.75) is 12.6 Å². The number of nitrogens with one attached hydrogen (secondary N) is 1. The smallest absolute Gasteiger partial charge is 0.245 e. The van der Waals surface area contributed by atoms with Crippen molar-refractivity contribution < 1.29 is 9.84 Å². The third-order valence-electron chi connectivity index (χ3n) is 2.22. The molecule has 1 unspecified atom stereocenters. The summed E-state index contributed by atoms with van der Waals surface area (Å²) in [6.45, 7) is 1.25. The van der Waals surface area contributed by atoms with Crippen LogP contribution in [0.3, 0.4) is 0 Å². The van der Waals surface area contributed by atoms with Gasteiger partial charge in [-0.25, -0.2) is 0 Å². The molecule has 0 saturated heterocycles. The summed E-state index contributed by atoms with van der Waals surface area (Å²) in [4.78, 5) is 0. The summed E-state index contributed by atoms with van der Waals surface area (Å²) in [5.41, 5.74) is 0.939. The highest BCUT2D eigenvalue weighted by Gasteiger charge is 2.06. The number of aliphatic hydroxyl groups excluding tert-OH is 1. The standard InChI is InChI=1S/C10H15N5O2S/c1-15-3-2-8(13-15)4-11-5-9(16)7-17-10-6-12-18-14-10/h2-3,6,9,11,16H,4-5,7H2,1H3. The molecule has 0 aliphatic carbocycles. The van der Waals surface area contributed by atoms with Crippen molar-refractivity contribution in [3.63, 3.8) is 0 Å². The zero-order valence-electron chi connectivity index (χ0n) is 9.98. The van der Waals surface area contributed by atoms with E-state index < -0.39 is 6.10 Å². The lowest BCUT2D eigenvalue weighted by Gasteiger charge is -2.10. The highest BCUT2D eigenvalue weighted by molar-refractivity contribution is 6.99. The largest absolute Gasteiger partial charge is 0.473 e. The van der Waals surface area contributed by atoms with Gasteiger partial charge in [-0.05, 0) is 6.07 Å². The van der Waals surface area contributed by atoms with E-state index in [0.29, 0.717) is 19.0 Å². The van der Waals surface area contributed by atoms with Crippen LogP contribution in [0.15, 0.2) is 18.5 Å². The molecule has 7 nitrogen and oxygen atoms in total. The van der Waals surface area contributed by atoms with Crippen LogP contribution in [0.5, 0.6) is 5.88 Å². The molecule has 2 aromatic rings. The van der Waals surface area contributed by atoms with Gasteiger partial charge in [0.05, 0.1) is 17.4 Å². The minimum absolute atomic E-state index is 0.195. The Bertz CT molecular complexity index is 459. The lowest BCUT2D eigenvalue weighted by atomic mass is 10.3. The maximum Gasteiger partial charge on any atom is 0.245 e. The van der Waals surface area contributed by atoms with Gasteiger partial charge in [0, 0.05) is 26.3 Å². The van der Waals surface area contributed by atoms with Crippen molar-refractivity contribution in [3.05, 3.63) is 24.2 Å².